The molecule has 0 spiro atoms. The molecule has 1 aromatic carbocycles. The van der Waals surface area contributed by atoms with Gasteiger partial charge in [-0.25, -0.2) is 4.98 Å². The van der Waals surface area contributed by atoms with Crippen molar-refractivity contribution in [2.24, 2.45) is 5.92 Å². The van der Waals surface area contributed by atoms with Gasteiger partial charge in [-0.3, -0.25) is 4.79 Å². The molecule has 0 atom stereocenters. The molecular formula is C18H21ClN2O2S. The van der Waals surface area contributed by atoms with Crippen LogP contribution in [-0.4, -0.2) is 22.1 Å². The molecule has 4 nitrogen and oxygen atoms in total. The van der Waals surface area contributed by atoms with Crippen LogP contribution in [0.15, 0.2) is 24.3 Å². The summed E-state index contributed by atoms with van der Waals surface area (Å²) in [6.07, 6.45) is 3.37. The van der Waals surface area contributed by atoms with Crippen LogP contribution in [0.25, 0.3) is 11.3 Å². The lowest BCUT2D eigenvalue weighted by atomic mass is 9.86. The van der Waals surface area contributed by atoms with E-state index in [2.05, 4.69) is 12.2 Å². The van der Waals surface area contributed by atoms with Gasteiger partial charge in [-0.2, -0.15) is 0 Å². The van der Waals surface area contributed by atoms with Gasteiger partial charge in [0.1, 0.15) is 5.01 Å². The number of aromatic nitrogens is 1. The van der Waals surface area contributed by atoms with E-state index in [0.29, 0.717) is 6.04 Å². The Kier molecular flexibility index (Phi) is 5.54. The van der Waals surface area contributed by atoms with Crippen molar-refractivity contribution in [3.05, 3.63) is 39.2 Å². The molecule has 2 N–H and O–H groups in total. The summed E-state index contributed by atoms with van der Waals surface area (Å²) in [7, 11) is 0. The second-order valence-electron chi connectivity index (χ2n) is 6.29. The number of hydrogen-bond acceptors (Lipinski definition) is 4. The highest BCUT2D eigenvalue weighted by Crippen LogP contribution is 2.29. The van der Waals surface area contributed by atoms with Crippen LogP contribution in [-0.2, 0) is 11.3 Å². The first kappa shape index (κ1) is 17.4. The van der Waals surface area contributed by atoms with Crippen LogP contribution in [0.4, 0.5) is 0 Å². The number of carboxylic acid groups (broad SMARTS) is 1. The number of thiazole rings is 1. The van der Waals surface area contributed by atoms with Crippen molar-refractivity contribution in [3.8, 4) is 11.3 Å². The largest absolute Gasteiger partial charge is 0.481 e. The normalized spacial score (nSPS) is 20.9. The van der Waals surface area contributed by atoms with Crippen LogP contribution in [0.2, 0.25) is 5.02 Å². The molecule has 1 aromatic heterocycles. The molecule has 128 valence electrons. The van der Waals surface area contributed by atoms with E-state index in [-0.39, 0.29) is 5.92 Å². The highest BCUT2D eigenvalue weighted by atomic mass is 35.5. The number of nitrogens with zero attached hydrogens (tertiary/aromatic N) is 1. The fourth-order valence-corrected chi connectivity index (χ4v) is 4.21. The van der Waals surface area contributed by atoms with E-state index in [4.69, 9.17) is 21.7 Å². The van der Waals surface area contributed by atoms with Crippen molar-refractivity contribution in [1.29, 1.82) is 0 Å². The smallest absolute Gasteiger partial charge is 0.306 e. The standard InChI is InChI=1S/C18H21ClN2O2S/c1-11-17(12-2-6-14(19)7-3-12)21-16(24-11)10-20-15-8-4-13(5-9-15)18(22)23/h2-3,6-7,13,15,20H,4-5,8-10H2,1H3,(H,22,23). The van der Waals surface area contributed by atoms with Gasteiger partial charge in [0.25, 0.3) is 0 Å². The third kappa shape index (κ3) is 4.15. The number of aliphatic carboxylic acids is 1. The number of carbonyl (C=O) groups is 1. The Bertz CT molecular complexity index is 706. The van der Waals surface area contributed by atoms with Crippen LogP contribution >= 0.6 is 22.9 Å². The zero-order chi connectivity index (χ0) is 17.1. The Labute approximate surface area is 150 Å². The molecule has 6 heteroatoms. The van der Waals surface area contributed by atoms with Crippen molar-refractivity contribution in [3.63, 3.8) is 0 Å². The number of benzene rings is 1. The number of aryl methyl sites for hydroxylation is 1. The lowest BCUT2D eigenvalue weighted by molar-refractivity contribution is -0.142. The van der Waals surface area contributed by atoms with Crippen LogP contribution in [0.5, 0.6) is 0 Å². The molecule has 1 aliphatic rings. The van der Waals surface area contributed by atoms with Crippen molar-refractivity contribution in [2.45, 2.75) is 45.2 Å². The van der Waals surface area contributed by atoms with E-state index in [1.807, 2.05) is 24.3 Å². The first-order valence-electron chi connectivity index (χ1n) is 8.21. The van der Waals surface area contributed by atoms with E-state index in [0.717, 1.165) is 53.5 Å². The third-order valence-corrected chi connectivity index (χ3v) is 5.80. The van der Waals surface area contributed by atoms with Crippen LogP contribution in [0.1, 0.15) is 35.6 Å². The molecule has 1 fully saturated rings. The number of nitrogens with one attached hydrogen (secondary N) is 1. The molecule has 0 unspecified atom stereocenters. The topological polar surface area (TPSA) is 62.2 Å². The monoisotopic (exact) mass is 364 g/mol. The molecule has 1 saturated carbocycles. The van der Waals surface area contributed by atoms with Crippen molar-refractivity contribution in [2.75, 3.05) is 0 Å². The second kappa shape index (κ2) is 7.64. The summed E-state index contributed by atoms with van der Waals surface area (Å²) in [5.41, 5.74) is 2.10. The SMILES string of the molecule is Cc1sc(CNC2CCC(C(=O)O)CC2)nc1-c1ccc(Cl)cc1. The van der Waals surface area contributed by atoms with Gasteiger partial charge in [-0.05, 0) is 44.7 Å². The summed E-state index contributed by atoms with van der Waals surface area (Å²) in [5, 5.41) is 14.4. The van der Waals surface area contributed by atoms with Crippen LogP contribution in [0, 0.1) is 12.8 Å². The predicted octanol–water partition coefficient (Wildman–Crippen LogP) is 4.50. The van der Waals surface area contributed by atoms with E-state index in [1.54, 1.807) is 11.3 Å². The number of rotatable bonds is 5. The van der Waals surface area contributed by atoms with Gasteiger partial charge in [0.2, 0.25) is 0 Å². The maximum Gasteiger partial charge on any atom is 0.306 e. The third-order valence-electron chi connectivity index (χ3n) is 4.58. The molecule has 3 rings (SSSR count). The molecule has 0 aliphatic heterocycles. The molecule has 0 radical (unpaired) electrons. The second-order valence-corrected chi connectivity index (χ2v) is 8.01. The minimum absolute atomic E-state index is 0.165. The minimum Gasteiger partial charge on any atom is -0.481 e. The van der Waals surface area contributed by atoms with Crippen molar-refractivity contribution >= 4 is 28.9 Å². The molecule has 0 amide bonds. The number of hydrogen-bond donors (Lipinski definition) is 2. The van der Waals surface area contributed by atoms with Crippen LogP contribution in [0.3, 0.4) is 0 Å². The molecule has 1 heterocycles. The van der Waals surface area contributed by atoms with E-state index < -0.39 is 5.97 Å². The highest BCUT2D eigenvalue weighted by molar-refractivity contribution is 7.12. The van der Waals surface area contributed by atoms with Crippen molar-refractivity contribution < 1.29 is 9.90 Å². The average Bonchev–Trinajstić information content (AvgIpc) is 2.95. The molecule has 24 heavy (non-hydrogen) atoms. The fraction of sp³-hybridized carbons (Fsp3) is 0.444. The van der Waals surface area contributed by atoms with Gasteiger partial charge >= 0.3 is 5.97 Å². The maximum atomic E-state index is 11.0. The van der Waals surface area contributed by atoms with Gasteiger partial charge in [0.05, 0.1) is 11.6 Å². The van der Waals surface area contributed by atoms with Gasteiger partial charge in [-0.15, -0.1) is 11.3 Å². The summed E-state index contributed by atoms with van der Waals surface area (Å²) in [4.78, 5) is 17.0. The predicted molar refractivity (Wildman–Crippen MR) is 97.5 cm³/mol. The average molecular weight is 365 g/mol. The number of halogens is 1. The van der Waals surface area contributed by atoms with E-state index >= 15 is 0 Å². The Morgan fingerprint density at radius 2 is 1.96 bits per heavy atom. The number of carboxylic acids is 1. The van der Waals surface area contributed by atoms with Gasteiger partial charge in [0.15, 0.2) is 0 Å². The molecule has 1 aliphatic carbocycles. The molecular weight excluding hydrogens is 344 g/mol. The fourth-order valence-electron chi connectivity index (χ4n) is 3.18. The summed E-state index contributed by atoms with van der Waals surface area (Å²) < 4.78 is 0. The summed E-state index contributed by atoms with van der Waals surface area (Å²) in [6.45, 7) is 2.82. The zero-order valence-corrected chi connectivity index (χ0v) is 15.2. The van der Waals surface area contributed by atoms with Gasteiger partial charge in [0, 0.05) is 28.0 Å². The van der Waals surface area contributed by atoms with Gasteiger partial charge < -0.3 is 10.4 Å². The first-order chi connectivity index (χ1) is 11.5. The lowest BCUT2D eigenvalue weighted by Crippen LogP contribution is -2.34. The quantitative estimate of drug-likeness (QED) is 0.819. The summed E-state index contributed by atoms with van der Waals surface area (Å²) in [5.74, 6) is -0.821. The van der Waals surface area contributed by atoms with Crippen LogP contribution < -0.4 is 5.32 Å². The van der Waals surface area contributed by atoms with Gasteiger partial charge in [-0.1, -0.05) is 23.7 Å². The Hall–Kier alpha value is -1.43. The Morgan fingerprint density at radius 1 is 1.29 bits per heavy atom. The zero-order valence-electron chi connectivity index (χ0n) is 13.6. The maximum absolute atomic E-state index is 11.0. The lowest BCUT2D eigenvalue weighted by Gasteiger charge is -2.26. The van der Waals surface area contributed by atoms with Crippen molar-refractivity contribution in [1.82, 2.24) is 10.3 Å². The Balaban J connectivity index is 1.58. The molecule has 0 saturated heterocycles. The first-order valence-corrected chi connectivity index (χ1v) is 9.41. The summed E-state index contributed by atoms with van der Waals surface area (Å²) >= 11 is 7.65. The summed E-state index contributed by atoms with van der Waals surface area (Å²) in [6, 6.07) is 8.15. The minimum atomic E-state index is -0.656. The molecule has 0 bridgehead atoms. The van der Waals surface area contributed by atoms with E-state index in [1.165, 1.54) is 4.88 Å². The molecule has 2 aromatic rings. The Morgan fingerprint density at radius 3 is 2.58 bits per heavy atom. The highest BCUT2D eigenvalue weighted by Gasteiger charge is 2.25. The van der Waals surface area contributed by atoms with E-state index in [9.17, 15) is 4.79 Å².